The van der Waals surface area contributed by atoms with Gasteiger partial charge < -0.3 is 15.0 Å². The molecule has 174 valence electrons. The van der Waals surface area contributed by atoms with Crippen LogP contribution in [0, 0.1) is 11.3 Å². The van der Waals surface area contributed by atoms with Gasteiger partial charge in [-0.25, -0.2) is 0 Å². The zero-order valence-electron chi connectivity index (χ0n) is 18.1. The van der Waals surface area contributed by atoms with Gasteiger partial charge in [-0.3, -0.25) is 14.3 Å². The Bertz CT molecular complexity index is 1310. The minimum atomic E-state index is -4.49. The summed E-state index contributed by atoms with van der Waals surface area (Å²) in [6.07, 6.45) is -3.15. The number of hydrogen-bond acceptors (Lipinski definition) is 5. The molecular formula is C23H18F3N5O3. The maximum atomic E-state index is 13.3. The predicted molar refractivity (Wildman–Crippen MR) is 116 cm³/mol. The molecule has 0 saturated carbocycles. The average Bonchev–Trinajstić information content (AvgIpc) is 3.20. The van der Waals surface area contributed by atoms with Gasteiger partial charge in [0.05, 0.1) is 42.7 Å². The largest absolute Gasteiger partial charge is 0.495 e. The van der Waals surface area contributed by atoms with Crippen LogP contribution < -0.4 is 15.0 Å². The van der Waals surface area contributed by atoms with Crippen LogP contribution in [0.5, 0.6) is 5.75 Å². The van der Waals surface area contributed by atoms with Crippen LogP contribution in [0.2, 0.25) is 0 Å². The van der Waals surface area contributed by atoms with Gasteiger partial charge >= 0.3 is 6.18 Å². The smallest absolute Gasteiger partial charge is 0.416 e. The number of benzene rings is 2. The number of carbonyl (C=O) groups excluding carboxylic acids is 2. The third kappa shape index (κ3) is 4.05. The van der Waals surface area contributed by atoms with Crippen LogP contribution in [0.1, 0.15) is 38.9 Å². The summed E-state index contributed by atoms with van der Waals surface area (Å²) >= 11 is 0. The Morgan fingerprint density at radius 1 is 1.24 bits per heavy atom. The molecule has 1 atom stereocenters. The van der Waals surface area contributed by atoms with Crippen LogP contribution in [-0.2, 0) is 12.7 Å². The number of ether oxygens (including phenoxy) is 1. The number of rotatable bonds is 4. The Kier molecular flexibility index (Phi) is 5.75. The van der Waals surface area contributed by atoms with Gasteiger partial charge in [-0.2, -0.15) is 23.5 Å². The van der Waals surface area contributed by atoms with E-state index >= 15 is 0 Å². The second-order valence-corrected chi connectivity index (χ2v) is 7.64. The van der Waals surface area contributed by atoms with Crippen molar-refractivity contribution in [1.29, 1.82) is 5.26 Å². The lowest BCUT2D eigenvalue weighted by molar-refractivity contribution is -0.137. The first-order valence-electron chi connectivity index (χ1n) is 10.1. The van der Waals surface area contributed by atoms with Crippen molar-refractivity contribution in [3.05, 3.63) is 71.0 Å². The van der Waals surface area contributed by atoms with Crippen molar-refractivity contribution in [2.75, 3.05) is 17.3 Å². The number of fused-ring (bicyclic) bond motifs is 1. The van der Waals surface area contributed by atoms with Crippen LogP contribution in [0.25, 0.3) is 0 Å². The number of amides is 2. The predicted octanol–water partition coefficient (Wildman–Crippen LogP) is 4.08. The Balaban J connectivity index is 1.62. The van der Waals surface area contributed by atoms with E-state index in [1.54, 1.807) is 6.92 Å². The summed E-state index contributed by atoms with van der Waals surface area (Å²) in [4.78, 5) is 27.5. The van der Waals surface area contributed by atoms with Crippen molar-refractivity contribution < 1.29 is 27.5 Å². The second kappa shape index (κ2) is 8.55. The number of nitrogens with zero attached hydrogens (tertiary/aromatic N) is 4. The molecule has 0 spiro atoms. The number of anilines is 2. The van der Waals surface area contributed by atoms with Crippen LogP contribution in [0.15, 0.2) is 48.7 Å². The van der Waals surface area contributed by atoms with Gasteiger partial charge in [0.1, 0.15) is 17.5 Å². The van der Waals surface area contributed by atoms with E-state index < -0.39 is 23.6 Å². The summed E-state index contributed by atoms with van der Waals surface area (Å²) in [5, 5.41) is 16.0. The zero-order chi connectivity index (χ0) is 24.6. The molecule has 3 aromatic rings. The fourth-order valence-corrected chi connectivity index (χ4v) is 3.80. The lowest BCUT2D eigenvalue weighted by atomic mass is 10.1. The van der Waals surface area contributed by atoms with E-state index in [9.17, 15) is 28.0 Å². The van der Waals surface area contributed by atoms with Gasteiger partial charge in [-0.05, 0) is 49.4 Å². The average molecular weight is 469 g/mol. The van der Waals surface area contributed by atoms with E-state index in [2.05, 4.69) is 10.4 Å². The summed E-state index contributed by atoms with van der Waals surface area (Å²) in [6, 6.07) is 10.2. The highest BCUT2D eigenvalue weighted by molar-refractivity contribution is 6.13. The van der Waals surface area contributed by atoms with Crippen LogP contribution in [0.3, 0.4) is 0 Å². The minimum absolute atomic E-state index is 0.0976. The van der Waals surface area contributed by atoms with Crippen LogP contribution >= 0.6 is 0 Å². The first kappa shape index (κ1) is 22.8. The summed E-state index contributed by atoms with van der Waals surface area (Å²) in [6.45, 7) is 2.03. The number of hydrogen-bond donors (Lipinski definition) is 1. The highest BCUT2D eigenvalue weighted by atomic mass is 19.4. The molecule has 8 nitrogen and oxygen atoms in total. The van der Waals surface area contributed by atoms with Gasteiger partial charge in [0.25, 0.3) is 11.8 Å². The maximum Gasteiger partial charge on any atom is 0.416 e. The second-order valence-electron chi connectivity index (χ2n) is 7.64. The quantitative estimate of drug-likeness (QED) is 0.621. The molecule has 4 rings (SSSR count). The first-order chi connectivity index (χ1) is 16.1. The van der Waals surface area contributed by atoms with Crippen LogP contribution in [-0.4, -0.2) is 34.7 Å². The third-order valence-corrected chi connectivity index (χ3v) is 5.44. The molecule has 0 aliphatic carbocycles. The highest BCUT2D eigenvalue weighted by Crippen LogP contribution is 2.33. The molecule has 2 amide bonds. The van der Waals surface area contributed by atoms with E-state index in [4.69, 9.17) is 4.74 Å². The minimum Gasteiger partial charge on any atom is -0.495 e. The van der Waals surface area contributed by atoms with Gasteiger partial charge in [-0.15, -0.1) is 0 Å². The molecule has 1 aromatic heterocycles. The number of nitriles is 1. The standard InChI is InChI=1S/C23H18F3N5O3/c1-13-12-30-20(22(33)31(13)17-6-4-16(5-7-17)23(24,25)26)18(11-28-30)29-21(32)14-3-8-19(34-2)15(9-14)10-27/h3-9,11,13H,12H2,1-2H3,(H,29,32)/t13-/m1/s1. The molecule has 1 aliphatic rings. The van der Waals surface area contributed by atoms with Crippen LogP contribution in [0.4, 0.5) is 24.5 Å². The third-order valence-electron chi connectivity index (χ3n) is 5.44. The van der Waals surface area contributed by atoms with Crippen molar-refractivity contribution in [3.8, 4) is 11.8 Å². The summed E-state index contributed by atoms with van der Waals surface area (Å²) < 4.78 is 45.3. The fraction of sp³-hybridized carbons (Fsp3) is 0.217. The van der Waals surface area contributed by atoms with E-state index in [1.165, 1.54) is 53.2 Å². The van der Waals surface area contributed by atoms with Crippen molar-refractivity contribution in [1.82, 2.24) is 9.78 Å². The lowest BCUT2D eigenvalue weighted by Gasteiger charge is -2.34. The van der Waals surface area contributed by atoms with Crippen molar-refractivity contribution >= 4 is 23.2 Å². The number of methoxy groups -OCH3 is 1. The van der Waals surface area contributed by atoms with Crippen molar-refractivity contribution in [2.24, 2.45) is 0 Å². The number of halogens is 3. The Morgan fingerprint density at radius 2 is 1.94 bits per heavy atom. The van der Waals surface area contributed by atoms with Gasteiger partial charge in [0.2, 0.25) is 0 Å². The highest BCUT2D eigenvalue weighted by Gasteiger charge is 2.36. The number of aromatic nitrogens is 2. The Labute approximate surface area is 192 Å². The monoisotopic (exact) mass is 469 g/mol. The molecule has 0 fully saturated rings. The van der Waals surface area contributed by atoms with Crippen molar-refractivity contribution in [3.63, 3.8) is 0 Å². The normalized spacial score (nSPS) is 15.5. The number of alkyl halides is 3. The zero-order valence-corrected chi connectivity index (χ0v) is 18.1. The Hall–Kier alpha value is -4.33. The lowest BCUT2D eigenvalue weighted by Crippen LogP contribution is -2.47. The number of nitrogens with one attached hydrogen (secondary N) is 1. The molecule has 0 saturated heterocycles. The topological polar surface area (TPSA) is 100 Å². The van der Waals surface area contributed by atoms with Gasteiger partial charge in [-0.1, -0.05) is 0 Å². The Morgan fingerprint density at radius 3 is 2.56 bits per heavy atom. The molecule has 11 heteroatoms. The van der Waals surface area contributed by atoms with E-state index in [0.717, 1.165) is 12.1 Å². The molecule has 0 radical (unpaired) electrons. The molecule has 1 N–H and O–H groups in total. The summed E-state index contributed by atoms with van der Waals surface area (Å²) in [7, 11) is 1.41. The van der Waals surface area contributed by atoms with E-state index in [0.29, 0.717) is 11.4 Å². The van der Waals surface area contributed by atoms with Crippen molar-refractivity contribution in [2.45, 2.75) is 25.7 Å². The van der Waals surface area contributed by atoms with E-state index in [1.807, 2.05) is 6.07 Å². The summed E-state index contributed by atoms with van der Waals surface area (Å²) in [5.41, 5.74) is 0.0687. The fourth-order valence-electron chi connectivity index (χ4n) is 3.80. The summed E-state index contributed by atoms with van der Waals surface area (Å²) in [5.74, 6) is -0.764. The molecule has 2 heterocycles. The molecule has 2 aromatic carbocycles. The molecule has 1 aliphatic heterocycles. The van der Waals surface area contributed by atoms with Gasteiger partial charge in [0.15, 0.2) is 0 Å². The maximum absolute atomic E-state index is 13.3. The molecule has 0 bridgehead atoms. The molecule has 0 unspecified atom stereocenters. The first-order valence-corrected chi connectivity index (χ1v) is 10.1. The van der Waals surface area contributed by atoms with Gasteiger partial charge in [0, 0.05) is 11.3 Å². The molecular weight excluding hydrogens is 451 g/mol. The molecule has 34 heavy (non-hydrogen) atoms. The SMILES string of the molecule is COc1ccc(C(=O)Nc2cnn3c2C(=O)N(c2ccc(C(F)(F)F)cc2)[C@H](C)C3)cc1C#N. The number of carbonyl (C=O) groups is 2. The van der Waals surface area contributed by atoms with E-state index in [-0.39, 0.29) is 35.1 Å².